The van der Waals surface area contributed by atoms with Gasteiger partial charge in [-0.25, -0.2) is 9.37 Å². The molecule has 156 valence electrons. The minimum atomic E-state index is -0.543. The van der Waals surface area contributed by atoms with Gasteiger partial charge >= 0.3 is 0 Å². The Morgan fingerprint density at radius 1 is 1.16 bits per heavy atom. The number of hydrogen-bond acceptors (Lipinski definition) is 7. The fourth-order valence-corrected chi connectivity index (χ4v) is 3.11. The van der Waals surface area contributed by atoms with E-state index in [0.717, 1.165) is 29.3 Å². The number of tetrazole rings is 1. The van der Waals surface area contributed by atoms with Crippen LogP contribution in [-0.4, -0.2) is 41.1 Å². The largest absolute Gasteiger partial charge is 0.305 e. The van der Waals surface area contributed by atoms with Crippen molar-refractivity contribution in [1.29, 1.82) is 0 Å². The quantitative estimate of drug-likeness (QED) is 0.530. The number of aryl methyl sites for hydroxylation is 2. The number of anilines is 1. The van der Waals surface area contributed by atoms with Gasteiger partial charge < -0.3 is 5.32 Å². The van der Waals surface area contributed by atoms with E-state index in [9.17, 15) is 9.18 Å². The van der Waals surface area contributed by atoms with Gasteiger partial charge in [0.15, 0.2) is 5.82 Å². The number of halogens is 1. The van der Waals surface area contributed by atoms with Crippen LogP contribution in [0.3, 0.4) is 0 Å². The first-order chi connectivity index (χ1) is 15.0. The van der Waals surface area contributed by atoms with E-state index in [2.05, 4.69) is 42.6 Å². The summed E-state index contributed by atoms with van der Waals surface area (Å²) in [5.41, 5.74) is 3.79. The van der Waals surface area contributed by atoms with Crippen molar-refractivity contribution in [1.82, 2.24) is 35.2 Å². The molecule has 0 aliphatic heterocycles. The van der Waals surface area contributed by atoms with Gasteiger partial charge in [-0.05, 0) is 30.2 Å². The van der Waals surface area contributed by atoms with Crippen LogP contribution in [0.2, 0.25) is 0 Å². The molecule has 4 rings (SSSR count). The molecule has 0 spiro atoms. The van der Waals surface area contributed by atoms with Crippen LogP contribution < -0.4 is 5.32 Å². The van der Waals surface area contributed by atoms with Gasteiger partial charge in [-0.1, -0.05) is 19.1 Å². The molecule has 4 aromatic rings. The number of carbonyl (C=O) groups excluding carboxylic acids is 1. The highest BCUT2D eigenvalue weighted by molar-refractivity contribution is 6.04. The molecule has 0 unspecified atom stereocenters. The van der Waals surface area contributed by atoms with Crippen LogP contribution in [0.15, 0.2) is 43.0 Å². The molecule has 1 amide bonds. The summed E-state index contributed by atoms with van der Waals surface area (Å²) >= 11 is 0. The van der Waals surface area contributed by atoms with Crippen LogP contribution in [0.25, 0.3) is 22.6 Å². The number of nitrogens with one attached hydrogen (secondary N) is 1. The molecule has 0 atom stereocenters. The summed E-state index contributed by atoms with van der Waals surface area (Å²) < 4.78 is 13.7. The molecular weight excluding hydrogens is 399 g/mol. The number of rotatable bonds is 5. The maximum atomic E-state index is 13.7. The van der Waals surface area contributed by atoms with Gasteiger partial charge in [-0.3, -0.25) is 14.8 Å². The predicted molar refractivity (Wildman–Crippen MR) is 112 cm³/mol. The average molecular weight is 418 g/mol. The minimum Gasteiger partial charge on any atom is -0.305 e. The highest BCUT2D eigenvalue weighted by Crippen LogP contribution is 2.27. The van der Waals surface area contributed by atoms with Crippen LogP contribution in [0.1, 0.15) is 28.4 Å². The molecule has 1 aromatic carbocycles. The summed E-state index contributed by atoms with van der Waals surface area (Å²) in [6.45, 7) is 3.57. The molecule has 0 bridgehead atoms. The van der Waals surface area contributed by atoms with Gasteiger partial charge in [0, 0.05) is 22.9 Å². The van der Waals surface area contributed by atoms with Crippen molar-refractivity contribution in [3.8, 4) is 22.6 Å². The fourth-order valence-electron chi connectivity index (χ4n) is 3.11. The minimum absolute atomic E-state index is 0.142. The Kier molecular flexibility index (Phi) is 5.44. The Morgan fingerprint density at radius 3 is 2.68 bits per heavy atom. The zero-order chi connectivity index (χ0) is 22.0. The van der Waals surface area contributed by atoms with E-state index in [4.69, 9.17) is 0 Å². The van der Waals surface area contributed by atoms with E-state index in [1.165, 1.54) is 24.1 Å². The van der Waals surface area contributed by atoms with Crippen molar-refractivity contribution in [2.75, 3.05) is 5.32 Å². The molecule has 0 saturated carbocycles. The molecule has 1 N–H and O–H groups in total. The molecule has 0 radical (unpaired) electrons. The molecule has 3 aromatic heterocycles. The van der Waals surface area contributed by atoms with Crippen LogP contribution in [-0.2, 0) is 13.5 Å². The van der Waals surface area contributed by atoms with Crippen molar-refractivity contribution < 1.29 is 9.18 Å². The summed E-state index contributed by atoms with van der Waals surface area (Å²) in [5, 5.41) is 14.8. The number of carbonyl (C=O) groups is 1. The molecule has 0 fully saturated rings. The van der Waals surface area contributed by atoms with E-state index < -0.39 is 11.7 Å². The number of benzene rings is 1. The van der Waals surface area contributed by atoms with Gasteiger partial charge in [0.2, 0.25) is 5.82 Å². The SMILES string of the molecule is CCc1ccc(-c2nnn(C)n2)cc1-c1cnc(NC(=O)c2cncc(F)c2C)cn1. The van der Waals surface area contributed by atoms with Crippen LogP contribution in [0.5, 0.6) is 0 Å². The average Bonchev–Trinajstić information content (AvgIpc) is 3.22. The summed E-state index contributed by atoms with van der Waals surface area (Å²) in [5.74, 6) is -0.278. The molecule has 10 heteroatoms. The first kappa shape index (κ1) is 20.2. The lowest BCUT2D eigenvalue weighted by Gasteiger charge is -2.10. The standard InChI is InChI=1S/C21H19FN8O/c1-4-13-5-6-14(20-27-29-30(3)28-20)7-15(13)18-10-25-19(11-24-18)26-21(31)16-8-23-9-17(22)12(16)2/h5-11H,4H2,1-3H3,(H,25,26,31). The highest BCUT2D eigenvalue weighted by atomic mass is 19.1. The smallest absolute Gasteiger partial charge is 0.258 e. The number of hydrogen-bond donors (Lipinski definition) is 1. The molecule has 3 heterocycles. The van der Waals surface area contributed by atoms with Gasteiger partial charge in [0.25, 0.3) is 5.91 Å². The second-order valence-electron chi connectivity index (χ2n) is 6.86. The third-order valence-electron chi connectivity index (χ3n) is 4.83. The van der Waals surface area contributed by atoms with E-state index >= 15 is 0 Å². The predicted octanol–water partition coefficient (Wildman–Crippen LogP) is 2.99. The summed E-state index contributed by atoms with van der Waals surface area (Å²) in [6, 6.07) is 5.88. The van der Waals surface area contributed by atoms with Crippen LogP contribution in [0.4, 0.5) is 10.2 Å². The number of amides is 1. The number of aromatic nitrogens is 7. The molecule has 31 heavy (non-hydrogen) atoms. The second-order valence-corrected chi connectivity index (χ2v) is 6.86. The second kappa shape index (κ2) is 8.34. The summed E-state index contributed by atoms with van der Waals surface area (Å²) in [4.78, 5) is 26.3. The maximum absolute atomic E-state index is 13.7. The fraction of sp³-hybridized carbons (Fsp3) is 0.190. The Hall–Kier alpha value is -4.08. The lowest BCUT2D eigenvalue weighted by molar-refractivity contribution is 0.102. The van der Waals surface area contributed by atoms with E-state index in [0.29, 0.717) is 11.5 Å². The molecular formula is C21H19FN8O. The molecule has 0 aliphatic carbocycles. The van der Waals surface area contributed by atoms with Crippen molar-refractivity contribution in [3.05, 3.63) is 65.5 Å². The number of pyridine rings is 1. The Labute approximate surface area is 177 Å². The van der Waals surface area contributed by atoms with Crippen LogP contribution >= 0.6 is 0 Å². The monoisotopic (exact) mass is 418 g/mol. The van der Waals surface area contributed by atoms with Gasteiger partial charge in [0.05, 0.1) is 36.9 Å². The van der Waals surface area contributed by atoms with Crippen LogP contribution in [0, 0.1) is 12.7 Å². The third-order valence-corrected chi connectivity index (χ3v) is 4.83. The zero-order valence-corrected chi connectivity index (χ0v) is 17.2. The van der Waals surface area contributed by atoms with Gasteiger partial charge in [-0.2, -0.15) is 4.80 Å². The first-order valence-electron chi connectivity index (χ1n) is 9.57. The van der Waals surface area contributed by atoms with Crippen molar-refractivity contribution >= 4 is 11.7 Å². The normalized spacial score (nSPS) is 10.8. The third kappa shape index (κ3) is 4.13. The maximum Gasteiger partial charge on any atom is 0.258 e. The zero-order valence-electron chi connectivity index (χ0n) is 17.2. The van der Waals surface area contributed by atoms with E-state index in [-0.39, 0.29) is 16.9 Å². The van der Waals surface area contributed by atoms with Gasteiger partial charge in [0.1, 0.15) is 5.82 Å². The number of nitrogens with zero attached hydrogens (tertiary/aromatic N) is 7. The van der Waals surface area contributed by atoms with Crippen molar-refractivity contribution in [2.45, 2.75) is 20.3 Å². The lowest BCUT2D eigenvalue weighted by Crippen LogP contribution is -2.15. The molecule has 9 nitrogen and oxygen atoms in total. The molecule has 0 aliphatic rings. The van der Waals surface area contributed by atoms with E-state index in [1.54, 1.807) is 13.2 Å². The topological polar surface area (TPSA) is 111 Å². The lowest BCUT2D eigenvalue weighted by atomic mass is 9.99. The van der Waals surface area contributed by atoms with E-state index in [1.807, 2.05) is 18.2 Å². The highest BCUT2D eigenvalue weighted by Gasteiger charge is 2.15. The first-order valence-corrected chi connectivity index (χ1v) is 9.57. The summed E-state index contributed by atoms with van der Waals surface area (Å²) in [7, 11) is 1.71. The Balaban J connectivity index is 1.60. The van der Waals surface area contributed by atoms with Crippen molar-refractivity contribution in [3.63, 3.8) is 0 Å². The Morgan fingerprint density at radius 2 is 2.00 bits per heavy atom. The molecule has 0 saturated heterocycles. The summed E-state index contributed by atoms with van der Waals surface area (Å²) in [6.07, 6.45) is 6.22. The van der Waals surface area contributed by atoms with Crippen molar-refractivity contribution in [2.24, 2.45) is 7.05 Å². The van der Waals surface area contributed by atoms with Gasteiger partial charge in [-0.15, -0.1) is 10.2 Å². The Bertz CT molecular complexity index is 1250.